The number of rotatable bonds is 5. The van der Waals surface area contributed by atoms with Crippen LogP contribution in [0.5, 0.6) is 0 Å². The van der Waals surface area contributed by atoms with Crippen LogP contribution < -0.4 is 10.2 Å². The maximum Gasteiger partial charge on any atom is 0.341 e. The van der Waals surface area contributed by atoms with Crippen LogP contribution in [-0.4, -0.2) is 35.6 Å². The van der Waals surface area contributed by atoms with Crippen molar-refractivity contribution in [2.75, 3.05) is 29.9 Å². The van der Waals surface area contributed by atoms with E-state index in [2.05, 4.69) is 20.2 Å². The Kier molecular flexibility index (Phi) is 5.60. The zero-order chi connectivity index (χ0) is 20.2. The molecule has 4 rings (SSSR count). The molecule has 2 aromatic heterocycles. The van der Waals surface area contributed by atoms with Crippen LogP contribution in [0.4, 0.5) is 17.2 Å². The summed E-state index contributed by atoms with van der Waals surface area (Å²) in [5.74, 6) is 0.500. The van der Waals surface area contributed by atoms with E-state index in [-0.39, 0.29) is 5.97 Å². The number of para-hydroxylation sites is 1. The van der Waals surface area contributed by atoms with Gasteiger partial charge in [-0.3, -0.25) is 4.98 Å². The number of carbonyl (C=O) groups is 1. The number of anilines is 3. The molecule has 0 spiro atoms. The van der Waals surface area contributed by atoms with Crippen molar-refractivity contribution in [2.24, 2.45) is 0 Å². The number of aryl methyl sites for hydroxylation is 1. The molecule has 1 fully saturated rings. The van der Waals surface area contributed by atoms with Crippen molar-refractivity contribution in [3.63, 3.8) is 0 Å². The summed E-state index contributed by atoms with van der Waals surface area (Å²) in [6.45, 7) is 6.12. The highest BCUT2D eigenvalue weighted by Crippen LogP contribution is 2.34. The van der Waals surface area contributed by atoms with Crippen molar-refractivity contribution in [3.8, 4) is 0 Å². The minimum atomic E-state index is -0.380. The fourth-order valence-electron chi connectivity index (χ4n) is 3.79. The van der Waals surface area contributed by atoms with Gasteiger partial charge >= 0.3 is 5.97 Å². The van der Waals surface area contributed by atoms with Crippen LogP contribution in [0.15, 0.2) is 42.7 Å². The summed E-state index contributed by atoms with van der Waals surface area (Å²) in [4.78, 5) is 24.2. The van der Waals surface area contributed by atoms with Crippen molar-refractivity contribution in [2.45, 2.75) is 33.1 Å². The first-order chi connectivity index (χ1) is 14.2. The van der Waals surface area contributed by atoms with Gasteiger partial charge in [0.05, 0.1) is 12.3 Å². The third-order valence-corrected chi connectivity index (χ3v) is 5.32. The summed E-state index contributed by atoms with van der Waals surface area (Å²) >= 11 is 0. The number of hydrogen-bond donors (Lipinski definition) is 1. The second-order valence-electron chi connectivity index (χ2n) is 7.29. The highest BCUT2D eigenvalue weighted by molar-refractivity contribution is 6.08. The van der Waals surface area contributed by atoms with E-state index in [1.165, 1.54) is 6.42 Å². The van der Waals surface area contributed by atoms with Gasteiger partial charge in [-0.25, -0.2) is 9.78 Å². The van der Waals surface area contributed by atoms with Gasteiger partial charge in [0.1, 0.15) is 11.1 Å². The van der Waals surface area contributed by atoms with Crippen molar-refractivity contribution >= 4 is 34.1 Å². The van der Waals surface area contributed by atoms with Gasteiger partial charge in [-0.15, -0.1) is 0 Å². The Bertz CT molecular complexity index is 1030. The Morgan fingerprint density at radius 2 is 1.93 bits per heavy atom. The van der Waals surface area contributed by atoms with Crippen molar-refractivity contribution in [1.82, 2.24) is 9.97 Å². The Morgan fingerprint density at radius 1 is 1.14 bits per heavy atom. The normalized spacial score (nSPS) is 14.1. The number of hydrogen-bond acceptors (Lipinski definition) is 6. The third kappa shape index (κ3) is 3.88. The minimum absolute atomic E-state index is 0.316. The third-order valence-electron chi connectivity index (χ3n) is 5.32. The topological polar surface area (TPSA) is 67.3 Å². The van der Waals surface area contributed by atoms with E-state index in [1.54, 1.807) is 19.3 Å². The number of carbonyl (C=O) groups excluding carboxylic acids is 1. The molecule has 1 aromatic carbocycles. The molecule has 150 valence electrons. The lowest BCUT2D eigenvalue weighted by Crippen LogP contribution is -2.30. The van der Waals surface area contributed by atoms with Gasteiger partial charge in [0.15, 0.2) is 5.82 Å². The molecule has 29 heavy (non-hydrogen) atoms. The van der Waals surface area contributed by atoms with Gasteiger partial charge in [-0.05, 0) is 50.8 Å². The number of fused-ring (bicyclic) bond motifs is 1. The van der Waals surface area contributed by atoms with Crippen LogP contribution in [0.2, 0.25) is 0 Å². The summed E-state index contributed by atoms with van der Waals surface area (Å²) in [5, 5.41) is 4.34. The van der Waals surface area contributed by atoms with Crippen LogP contribution in [0.3, 0.4) is 0 Å². The average molecular weight is 390 g/mol. The van der Waals surface area contributed by atoms with Gasteiger partial charge in [0.2, 0.25) is 0 Å². The molecule has 0 bridgehead atoms. The molecular weight excluding hydrogens is 364 g/mol. The standard InChI is InChI=1S/C23H26N4O2/c1-3-29-23(28)18-15-25-21-17(20(18)26-19-10-6-5-9-16(19)2)11-12-24-22(21)27-13-7-4-8-14-27/h5-6,9-12,15H,3-4,7-8,13-14H2,1-2H3,(H,25,26). The highest BCUT2D eigenvalue weighted by atomic mass is 16.5. The molecule has 0 radical (unpaired) electrons. The summed E-state index contributed by atoms with van der Waals surface area (Å²) in [7, 11) is 0. The molecule has 1 aliphatic rings. The van der Waals surface area contributed by atoms with Crippen LogP contribution in [0.1, 0.15) is 42.1 Å². The van der Waals surface area contributed by atoms with Crippen LogP contribution in [-0.2, 0) is 4.74 Å². The lowest BCUT2D eigenvalue weighted by molar-refractivity contribution is 0.0527. The van der Waals surface area contributed by atoms with E-state index in [1.807, 2.05) is 37.3 Å². The first-order valence-corrected chi connectivity index (χ1v) is 10.2. The molecule has 3 aromatic rings. The number of nitrogens with one attached hydrogen (secondary N) is 1. The maximum absolute atomic E-state index is 12.6. The predicted octanol–water partition coefficient (Wildman–Crippen LogP) is 4.85. The lowest BCUT2D eigenvalue weighted by atomic mass is 10.1. The maximum atomic E-state index is 12.6. The van der Waals surface area contributed by atoms with E-state index in [4.69, 9.17) is 4.74 Å². The van der Waals surface area contributed by atoms with Gasteiger partial charge in [-0.2, -0.15) is 0 Å². The fraction of sp³-hybridized carbons (Fsp3) is 0.348. The number of ether oxygens (including phenoxy) is 1. The molecule has 0 atom stereocenters. The number of nitrogens with zero attached hydrogens (tertiary/aromatic N) is 3. The average Bonchev–Trinajstić information content (AvgIpc) is 2.76. The van der Waals surface area contributed by atoms with Gasteiger partial charge in [0, 0.05) is 36.6 Å². The molecule has 1 N–H and O–H groups in total. The van der Waals surface area contributed by atoms with E-state index < -0.39 is 0 Å². The lowest BCUT2D eigenvalue weighted by Gasteiger charge is -2.28. The van der Waals surface area contributed by atoms with Crippen molar-refractivity contribution in [3.05, 3.63) is 53.9 Å². The van der Waals surface area contributed by atoms with Crippen molar-refractivity contribution < 1.29 is 9.53 Å². The summed E-state index contributed by atoms with van der Waals surface area (Å²) in [5.41, 5.74) is 3.99. The van der Waals surface area contributed by atoms with E-state index in [0.717, 1.165) is 53.9 Å². The van der Waals surface area contributed by atoms with Crippen LogP contribution in [0, 0.1) is 6.92 Å². The fourth-order valence-corrected chi connectivity index (χ4v) is 3.79. The molecule has 0 unspecified atom stereocenters. The number of esters is 1. The first kappa shape index (κ1) is 19.2. The Balaban J connectivity index is 1.87. The van der Waals surface area contributed by atoms with Crippen molar-refractivity contribution in [1.29, 1.82) is 0 Å². The first-order valence-electron chi connectivity index (χ1n) is 10.2. The van der Waals surface area contributed by atoms with Gasteiger partial charge in [-0.1, -0.05) is 18.2 Å². The largest absolute Gasteiger partial charge is 0.462 e. The van der Waals surface area contributed by atoms with E-state index in [0.29, 0.717) is 17.9 Å². The van der Waals surface area contributed by atoms with Gasteiger partial charge < -0.3 is 15.0 Å². The molecule has 1 saturated heterocycles. The molecule has 0 amide bonds. The number of piperidine rings is 1. The molecule has 1 aliphatic heterocycles. The van der Waals surface area contributed by atoms with Gasteiger partial charge in [0.25, 0.3) is 0 Å². The Hall–Kier alpha value is -3.15. The number of benzene rings is 1. The summed E-state index contributed by atoms with van der Waals surface area (Å²) < 4.78 is 5.29. The smallest absolute Gasteiger partial charge is 0.341 e. The summed E-state index contributed by atoms with van der Waals surface area (Å²) in [6.07, 6.45) is 6.98. The second-order valence-corrected chi connectivity index (χ2v) is 7.29. The molecule has 0 saturated carbocycles. The zero-order valence-corrected chi connectivity index (χ0v) is 16.9. The number of aromatic nitrogens is 2. The zero-order valence-electron chi connectivity index (χ0n) is 16.9. The molecule has 6 nitrogen and oxygen atoms in total. The van der Waals surface area contributed by atoms with E-state index >= 15 is 0 Å². The Labute approximate surface area is 170 Å². The quantitative estimate of drug-likeness (QED) is 0.628. The molecule has 0 aliphatic carbocycles. The highest BCUT2D eigenvalue weighted by Gasteiger charge is 2.21. The summed E-state index contributed by atoms with van der Waals surface area (Å²) in [6, 6.07) is 9.93. The monoisotopic (exact) mass is 390 g/mol. The molecular formula is C23H26N4O2. The predicted molar refractivity (Wildman–Crippen MR) is 116 cm³/mol. The Morgan fingerprint density at radius 3 is 2.69 bits per heavy atom. The SMILES string of the molecule is CCOC(=O)c1cnc2c(N3CCCCC3)nccc2c1Nc1ccccc1C. The van der Waals surface area contributed by atoms with Crippen LogP contribution in [0.25, 0.3) is 10.9 Å². The number of pyridine rings is 2. The van der Waals surface area contributed by atoms with E-state index in [9.17, 15) is 4.79 Å². The molecule has 3 heterocycles. The second kappa shape index (κ2) is 8.47. The molecule has 6 heteroatoms. The minimum Gasteiger partial charge on any atom is -0.462 e. The van der Waals surface area contributed by atoms with Crippen LogP contribution >= 0.6 is 0 Å².